The molecular formula is C13H18N4. The van der Waals surface area contributed by atoms with Gasteiger partial charge < -0.3 is 11.5 Å². The maximum atomic E-state index is 5.80. The monoisotopic (exact) mass is 230 g/mol. The quantitative estimate of drug-likeness (QED) is 0.849. The van der Waals surface area contributed by atoms with E-state index in [4.69, 9.17) is 11.5 Å². The lowest BCUT2D eigenvalue weighted by molar-refractivity contribution is 0.696. The van der Waals surface area contributed by atoms with Gasteiger partial charge >= 0.3 is 0 Å². The first-order valence-electron chi connectivity index (χ1n) is 5.73. The van der Waals surface area contributed by atoms with Crippen LogP contribution in [0.1, 0.15) is 30.9 Å². The maximum absolute atomic E-state index is 5.80. The number of hydrogen-bond donors (Lipinski definition) is 2. The SMILES string of the molecule is CC(C)c1ccc(Cn2ncc(N)c2N)cc1. The van der Waals surface area contributed by atoms with Crippen LogP contribution in [0.4, 0.5) is 11.5 Å². The Balaban J connectivity index is 2.17. The lowest BCUT2D eigenvalue weighted by Gasteiger charge is -2.08. The first kappa shape index (κ1) is 11.5. The highest BCUT2D eigenvalue weighted by Crippen LogP contribution is 2.17. The number of aromatic nitrogens is 2. The van der Waals surface area contributed by atoms with E-state index in [1.54, 1.807) is 10.9 Å². The third-order valence-electron chi connectivity index (χ3n) is 2.89. The Bertz CT molecular complexity index is 497. The molecule has 0 atom stereocenters. The molecule has 4 nitrogen and oxygen atoms in total. The summed E-state index contributed by atoms with van der Waals surface area (Å²) in [6, 6.07) is 8.49. The van der Waals surface area contributed by atoms with Crippen LogP contribution in [0.3, 0.4) is 0 Å². The number of anilines is 2. The van der Waals surface area contributed by atoms with Gasteiger partial charge in [-0.1, -0.05) is 38.1 Å². The van der Waals surface area contributed by atoms with E-state index >= 15 is 0 Å². The van der Waals surface area contributed by atoms with Gasteiger partial charge in [0.1, 0.15) is 5.82 Å². The minimum absolute atomic E-state index is 0.526. The molecule has 0 aliphatic heterocycles. The lowest BCUT2D eigenvalue weighted by Crippen LogP contribution is -2.06. The number of hydrogen-bond acceptors (Lipinski definition) is 3. The minimum Gasteiger partial charge on any atom is -0.394 e. The zero-order valence-electron chi connectivity index (χ0n) is 10.2. The molecule has 0 amide bonds. The topological polar surface area (TPSA) is 69.9 Å². The van der Waals surface area contributed by atoms with Crippen molar-refractivity contribution in [2.24, 2.45) is 0 Å². The van der Waals surface area contributed by atoms with Crippen molar-refractivity contribution in [2.75, 3.05) is 11.5 Å². The molecule has 0 aliphatic rings. The molecule has 4 heteroatoms. The van der Waals surface area contributed by atoms with Crippen LogP contribution in [0.25, 0.3) is 0 Å². The van der Waals surface area contributed by atoms with Gasteiger partial charge in [0.15, 0.2) is 0 Å². The number of benzene rings is 1. The van der Waals surface area contributed by atoms with Gasteiger partial charge in [-0.15, -0.1) is 0 Å². The minimum atomic E-state index is 0.526. The molecule has 2 rings (SSSR count). The fraction of sp³-hybridized carbons (Fsp3) is 0.308. The first-order chi connectivity index (χ1) is 8.08. The molecule has 17 heavy (non-hydrogen) atoms. The second-order valence-corrected chi connectivity index (χ2v) is 4.54. The Morgan fingerprint density at radius 1 is 1.18 bits per heavy atom. The van der Waals surface area contributed by atoms with Crippen molar-refractivity contribution in [3.05, 3.63) is 41.6 Å². The summed E-state index contributed by atoms with van der Waals surface area (Å²) in [5.74, 6) is 1.08. The van der Waals surface area contributed by atoms with E-state index in [1.165, 1.54) is 11.1 Å². The predicted molar refractivity (Wildman–Crippen MR) is 70.7 cm³/mol. The van der Waals surface area contributed by atoms with Gasteiger partial charge in [-0.2, -0.15) is 5.10 Å². The van der Waals surface area contributed by atoms with Crippen molar-refractivity contribution in [3.63, 3.8) is 0 Å². The average molecular weight is 230 g/mol. The molecule has 4 N–H and O–H groups in total. The molecule has 0 saturated heterocycles. The van der Waals surface area contributed by atoms with E-state index in [9.17, 15) is 0 Å². The summed E-state index contributed by atoms with van der Waals surface area (Å²) in [4.78, 5) is 0. The van der Waals surface area contributed by atoms with Gasteiger partial charge in [0.25, 0.3) is 0 Å². The zero-order valence-corrected chi connectivity index (χ0v) is 10.2. The Hall–Kier alpha value is -1.97. The molecule has 0 radical (unpaired) electrons. The summed E-state index contributed by atoms with van der Waals surface area (Å²) in [5, 5.41) is 4.13. The number of rotatable bonds is 3. The summed E-state index contributed by atoms with van der Waals surface area (Å²) >= 11 is 0. The molecule has 0 aliphatic carbocycles. The molecule has 0 spiro atoms. The molecular weight excluding hydrogens is 212 g/mol. The van der Waals surface area contributed by atoms with Crippen LogP contribution >= 0.6 is 0 Å². The van der Waals surface area contributed by atoms with Gasteiger partial charge in [-0.05, 0) is 17.0 Å². The fourth-order valence-electron chi connectivity index (χ4n) is 1.72. The van der Waals surface area contributed by atoms with E-state index in [-0.39, 0.29) is 0 Å². The van der Waals surface area contributed by atoms with Gasteiger partial charge in [-0.25, -0.2) is 4.68 Å². The van der Waals surface area contributed by atoms with Crippen LogP contribution in [0.2, 0.25) is 0 Å². The molecule has 0 bridgehead atoms. The number of nitrogen functional groups attached to an aromatic ring is 2. The Labute approximate surface area is 101 Å². The molecule has 1 aromatic heterocycles. The highest BCUT2D eigenvalue weighted by molar-refractivity contribution is 5.57. The highest BCUT2D eigenvalue weighted by atomic mass is 15.3. The van der Waals surface area contributed by atoms with E-state index in [1.807, 2.05) is 0 Å². The van der Waals surface area contributed by atoms with E-state index < -0.39 is 0 Å². The van der Waals surface area contributed by atoms with Gasteiger partial charge in [0.2, 0.25) is 0 Å². The summed E-state index contributed by atoms with van der Waals surface area (Å²) < 4.78 is 1.71. The van der Waals surface area contributed by atoms with E-state index in [2.05, 4.69) is 43.2 Å². The Morgan fingerprint density at radius 3 is 2.29 bits per heavy atom. The Kier molecular flexibility index (Phi) is 3.04. The summed E-state index contributed by atoms with van der Waals surface area (Å²) in [5.41, 5.74) is 14.5. The smallest absolute Gasteiger partial charge is 0.145 e. The second kappa shape index (κ2) is 4.49. The van der Waals surface area contributed by atoms with Crippen molar-refractivity contribution in [1.82, 2.24) is 9.78 Å². The fourth-order valence-corrected chi connectivity index (χ4v) is 1.72. The van der Waals surface area contributed by atoms with E-state index in [0.717, 1.165) is 0 Å². The zero-order chi connectivity index (χ0) is 12.4. The standard InChI is InChI=1S/C13H18N4/c1-9(2)11-5-3-10(4-6-11)8-17-13(15)12(14)7-16-17/h3-7,9H,8,14-15H2,1-2H3. The average Bonchev–Trinajstić information content (AvgIpc) is 2.62. The molecule has 0 unspecified atom stereocenters. The third-order valence-corrected chi connectivity index (χ3v) is 2.89. The summed E-state index contributed by atoms with van der Waals surface area (Å²) in [7, 11) is 0. The van der Waals surface area contributed by atoms with Gasteiger partial charge in [0, 0.05) is 0 Å². The molecule has 0 fully saturated rings. The second-order valence-electron chi connectivity index (χ2n) is 4.54. The molecule has 0 saturated carbocycles. The van der Waals surface area contributed by atoms with Crippen LogP contribution in [0, 0.1) is 0 Å². The van der Waals surface area contributed by atoms with Gasteiger partial charge in [-0.3, -0.25) is 0 Å². The Morgan fingerprint density at radius 2 is 1.82 bits per heavy atom. The molecule has 90 valence electrons. The lowest BCUT2D eigenvalue weighted by atomic mass is 10.0. The van der Waals surface area contributed by atoms with Crippen molar-refractivity contribution in [3.8, 4) is 0 Å². The van der Waals surface area contributed by atoms with Crippen LogP contribution < -0.4 is 11.5 Å². The van der Waals surface area contributed by atoms with Crippen molar-refractivity contribution >= 4 is 11.5 Å². The summed E-state index contributed by atoms with van der Waals surface area (Å²) in [6.07, 6.45) is 1.58. The first-order valence-corrected chi connectivity index (χ1v) is 5.73. The van der Waals surface area contributed by atoms with Crippen molar-refractivity contribution < 1.29 is 0 Å². The van der Waals surface area contributed by atoms with Crippen LogP contribution in [0.15, 0.2) is 30.5 Å². The normalized spacial score (nSPS) is 11.0. The number of nitrogens with two attached hydrogens (primary N) is 2. The third kappa shape index (κ3) is 2.41. The summed E-state index contributed by atoms with van der Waals surface area (Å²) in [6.45, 7) is 5.02. The molecule has 2 aromatic rings. The van der Waals surface area contributed by atoms with Crippen LogP contribution in [-0.2, 0) is 6.54 Å². The van der Waals surface area contributed by atoms with Crippen molar-refractivity contribution in [2.45, 2.75) is 26.3 Å². The van der Waals surface area contributed by atoms with Crippen molar-refractivity contribution in [1.29, 1.82) is 0 Å². The highest BCUT2D eigenvalue weighted by Gasteiger charge is 2.05. The van der Waals surface area contributed by atoms with Crippen LogP contribution in [-0.4, -0.2) is 9.78 Å². The molecule has 1 aromatic carbocycles. The number of nitrogens with zero attached hydrogens (tertiary/aromatic N) is 2. The van der Waals surface area contributed by atoms with E-state index in [0.29, 0.717) is 24.0 Å². The maximum Gasteiger partial charge on any atom is 0.145 e. The predicted octanol–water partition coefficient (Wildman–Crippen LogP) is 2.22. The molecule has 1 heterocycles. The van der Waals surface area contributed by atoms with Gasteiger partial charge in [0.05, 0.1) is 18.4 Å². The van der Waals surface area contributed by atoms with Crippen LogP contribution in [0.5, 0.6) is 0 Å². The largest absolute Gasteiger partial charge is 0.394 e.